The van der Waals surface area contributed by atoms with Crippen LogP contribution in [-0.4, -0.2) is 15.7 Å². The topological polar surface area (TPSA) is 46.2 Å². The molecule has 1 rings (SSSR count). The molecular formula is C4H7NOS. The quantitative estimate of drug-likeness (QED) is 0.467. The molecule has 1 aliphatic carbocycles. The Morgan fingerprint density at radius 1 is 1.71 bits per heavy atom. The molecule has 1 aliphatic rings. The highest BCUT2D eigenvalue weighted by atomic mass is 32.1. The molecule has 0 aromatic rings. The fourth-order valence-electron chi connectivity index (χ4n) is 0.365. The van der Waals surface area contributed by atoms with Gasteiger partial charge in [-0.15, -0.1) is 0 Å². The van der Waals surface area contributed by atoms with E-state index in [9.17, 15) is 0 Å². The van der Waals surface area contributed by atoms with Crippen molar-refractivity contribution in [3.63, 3.8) is 0 Å². The maximum absolute atomic E-state index is 8.94. The summed E-state index contributed by atoms with van der Waals surface area (Å²) in [5.74, 6) is 0. The van der Waals surface area contributed by atoms with Gasteiger partial charge in [-0.05, 0) is 12.8 Å². The van der Waals surface area contributed by atoms with E-state index in [2.05, 4.69) is 12.2 Å². The van der Waals surface area contributed by atoms with Crippen molar-refractivity contribution >= 4 is 17.2 Å². The van der Waals surface area contributed by atoms with Crippen LogP contribution in [0, 0.1) is 0 Å². The third-order valence-electron chi connectivity index (χ3n) is 1.18. The van der Waals surface area contributed by atoms with Crippen molar-refractivity contribution in [3.05, 3.63) is 0 Å². The van der Waals surface area contributed by atoms with Gasteiger partial charge in [0.2, 0.25) is 0 Å². The van der Waals surface area contributed by atoms with Gasteiger partial charge < -0.3 is 10.8 Å². The van der Waals surface area contributed by atoms with Crippen molar-refractivity contribution in [3.8, 4) is 0 Å². The maximum atomic E-state index is 8.94. The van der Waals surface area contributed by atoms with Gasteiger partial charge in [0.1, 0.15) is 10.6 Å². The third-order valence-corrected chi connectivity index (χ3v) is 1.56. The molecule has 0 atom stereocenters. The predicted molar refractivity (Wildman–Crippen MR) is 31.0 cm³/mol. The molecule has 40 valence electrons. The molecule has 3 heteroatoms. The standard InChI is InChI=1S/C4H7NOS/c5-3(7)4(6)1-2-4/h6H,1-2H2,(H2,5,7). The van der Waals surface area contributed by atoms with Gasteiger partial charge in [-0.3, -0.25) is 0 Å². The summed E-state index contributed by atoms with van der Waals surface area (Å²) in [7, 11) is 0. The number of thiocarbonyl (C=S) groups is 1. The molecule has 0 saturated heterocycles. The summed E-state index contributed by atoms with van der Waals surface area (Å²) in [5.41, 5.74) is 4.37. The minimum Gasteiger partial charge on any atom is -0.391 e. The van der Waals surface area contributed by atoms with Crippen molar-refractivity contribution in [2.45, 2.75) is 18.4 Å². The Labute approximate surface area is 47.3 Å². The summed E-state index contributed by atoms with van der Waals surface area (Å²) in [5, 5.41) is 8.94. The van der Waals surface area contributed by atoms with Gasteiger partial charge in [-0.1, -0.05) is 12.2 Å². The van der Waals surface area contributed by atoms with E-state index < -0.39 is 5.60 Å². The average molecular weight is 117 g/mol. The Morgan fingerprint density at radius 2 is 2.14 bits per heavy atom. The zero-order chi connectivity index (χ0) is 5.49. The molecule has 0 bridgehead atoms. The first-order valence-corrected chi connectivity index (χ1v) is 2.58. The normalized spacial score (nSPS) is 24.1. The summed E-state index contributed by atoms with van der Waals surface area (Å²) in [6.07, 6.45) is 1.50. The molecule has 0 heterocycles. The summed E-state index contributed by atoms with van der Waals surface area (Å²) >= 11 is 4.52. The first-order chi connectivity index (χ1) is 3.15. The van der Waals surface area contributed by atoms with Crippen LogP contribution in [0.2, 0.25) is 0 Å². The number of hydrogen-bond donors (Lipinski definition) is 2. The summed E-state index contributed by atoms with van der Waals surface area (Å²) in [6.45, 7) is 0. The molecule has 1 fully saturated rings. The Kier molecular flexibility index (Phi) is 0.834. The zero-order valence-electron chi connectivity index (χ0n) is 3.85. The van der Waals surface area contributed by atoms with E-state index in [0.29, 0.717) is 0 Å². The summed E-state index contributed by atoms with van der Waals surface area (Å²) in [4.78, 5) is 0.243. The van der Waals surface area contributed by atoms with Gasteiger partial charge >= 0.3 is 0 Å². The number of hydrogen-bond acceptors (Lipinski definition) is 2. The SMILES string of the molecule is NC(=S)C1(O)CC1. The lowest BCUT2D eigenvalue weighted by Gasteiger charge is -2.00. The Morgan fingerprint density at radius 3 is 2.14 bits per heavy atom. The van der Waals surface area contributed by atoms with E-state index in [-0.39, 0.29) is 4.99 Å². The van der Waals surface area contributed by atoms with E-state index in [0.717, 1.165) is 12.8 Å². The number of nitrogens with two attached hydrogens (primary N) is 1. The van der Waals surface area contributed by atoms with E-state index >= 15 is 0 Å². The van der Waals surface area contributed by atoms with Crippen LogP contribution in [0.4, 0.5) is 0 Å². The molecule has 0 unspecified atom stereocenters. The van der Waals surface area contributed by atoms with Crippen molar-refractivity contribution < 1.29 is 5.11 Å². The largest absolute Gasteiger partial charge is 0.391 e. The summed E-state index contributed by atoms with van der Waals surface area (Å²) in [6, 6.07) is 0. The molecule has 7 heavy (non-hydrogen) atoms. The minimum absolute atomic E-state index is 0.243. The number of rotatable bonds is 1. The highest BCUT2D eigenvalue weighted by Crippen LogP contribution is 2.34. The molecule has 3 N–H and O–H groups in total. The van der Waals surface area contributed by atoms with Gasteiger partial charge in [0.05, 0.1) is 0 Å². The Balaban J connectivity index is 2.55. The van der Waals surface area contributed by atoms with E-state index in [4.69, 9.17) is 10.8 Å². The molecule has 2 nitrogen and oxygen atoms in total. The second-order valence-corrected chi connectivity index (χ2v) is 2.34. The zero-order valence-corrected chi connectivity index (χ0v) is 4.66. The molecule has 0 radical (unpaired) electrons. The van der Waals surface area contributed by atoms with Gasteiger partial charge in [-0.25, -0.2) is 0 Å². The monoisotopic (exact) mass is 117 g/mol. The van der Waals surface area contributed by atoms with E-state index in [1.165, 1.54) is 0 Å². The van der Waals surface area contributed by atoms with Crippen molar-refractivity contribution in [1.82, 2.24) is 0 Å². The van der Waals surface area contributed by atoms with Gasteiger partial charge in [-0.2, -0.15) is 0 Å². The average Bonchev–Trinajstić information content (AvgIpc) is 2.21. The van der Waals surface area contributed by atoms with Gasteiger partial charge in [0.15, 0.2) is 0 Å². The molecule has 0 aromatic heterocycles. The Bertz CT molecular complexity index is 108. The molecular weight excluding hydrogens is 110 g/mol. The third kappa shape index (κ3) is 0.737. The molecule has 0 amide bonds. The molecule has 0 aromatic carbocycles. The van der Waals surface area contributed by atoms with Gasteiger partial charge in [0, 0.05) is 0 Å². The van der Waals surface area contributed by atoms with Crippen LogP contribution in [0.3, 0.4) is 0 Å². The van der Waals surface area contributed by atoms with E-state index in [1.807, 2.05) is 0 Å². The first kappa shape index (κ1) is 5.00. The fourth-order valence-corrected chi connectivity index (χ4v) is 0.569. The van der Waals surface area contributed by atoms with Crippen LogP contribution < -0.4 is 5.73 Å². The molecule has 0 aliphatic heterocycles. The lowest BCUT2D eigenvalue weighted by atomic mass is 10.4. The summed E-state index contributed by atoms with van der Waals surface area (Å²) < 4.78 is 0. The van der Waals surface area contributed by atoms with Crippen molar-refractivity contribution in [2.75, 3.05) is 0 Å². The van der Waals surface area contributed by atoms with Crippen molar-refractivity contribution in [2.24, 2.45) is 5.73 Å². The smallest absolute Gasteiger partial charge is 0.114 e. The predicted octanol–water partition coefficient (Wildman–Crippen LogP) is -0.203. The van der Waals surface area contributed by atoms with Crippen LogP contribution in [0.5, 0.6) is 0 Å². The van der Waals surface area contributed by atoms with Crippen LogP contribution in [0.1, 0.15) is 12.8 Å². The highest BCUT2D eigenvalue weighted by Gasteiger charge is 2.43. The van der Waals surface area contributed by atoms with Gasteiger partial charge in [0.25, 0.3) is 0 Å². The lowest BCUT2D eigenvalue weighted by Crippen LogP contribution is -2.27. The maximum Gasteiger partial charge on any atom is 0.114 e. The first-order valence-electron chi connectivity index (χ1n) is 2.17. The van der Waals surface area contributed by atoms with E-state index in [1.54, 1.807) is 0 Å². The van der Waals surface area contributed by atoms with Crippen LogP contribution >= 0.6 is 12.2 Å². The minimum atomic E-state index is -0.741. The van der Waals surface area contributed by atoms with Crippen LogP contribution in [0.25, 0.3) is 0 Å². The number of aliphatic hydroxyl groups is 1. The van der Waals surface area contributed by atoms with Crippen LogP contribution in [0.15, 0.2) is 0 Å². The lowest BCUT2D eigenvalue weighted by molar-refractivity contribution is 0.223. The highest BCUT2D eigenvalue weighted by molar-refractivity contribution is 7.80. The molecule has 0 spiro atoms. The second-order valence-electron chi connectivity index (χ2n) is 1.90. The van der Waals surface area contributed by atoms with Crippen LogP contribution in [-0.2, 0) is 0 Å². The molecule has 1 saturated carbocycles. The Hall–Kier alpha value is -0.150. The van der Waals surface area contributed by atoms with Crippen molar-refractivity contribution in [1.29, 1.82) is 0 Å². The fraction of sp³-hybridized carbons (Fsp3) is 0.750. The second kappa shape index (κ2) is 1.17.